The first-order valence-corrected chi connectivity index (χ1v) is 20.4. The summed E-state index contributed by atoms with van der Waals surface area (Å²) in [6, 6.07) is 0. The Morgan fingerprint density at radius 1 is 0.685 bits per heavy atom. The number of rotatable bonds is 31. The molecular weight excluding hydrogens is 765 g/mol. The fourth-order valence-electron chi connectivity index (χ4n) is 4.49. The highest BCUT2D eigenvalue weighted by atomic mass is 32.2. The summed E-state index contributed by atoms with van der Waals surface area (Å²) in [5.74, 6) is 1.86. The quantitative estimate of drug-likeness (QED) is 0.0675. The van der Waals surface area contributed by atoms with Crippen LogP contribution in [0.2, 0.25) is 0 Å². The second kappa shape index (κ2) is 26.9. The van der Waals surface area contributed by atoms with E-state index in [2.05, 4.69) is 36.3 Å². The van der Waals surface area contributed by atoms with Gasteiger partial charge in [-0.25, -0.2) is 9.36 Å². The van der Waals surface area contributed by atoms with Gasteiger partial charge in [-0.3, -0.25) is 14.4 Å². The van der Waals surface area contributed by atoms with E-state index in [9.17, 15) is 14.4 Å². The molecule has 0 aliphatic carbocycles. The van der Waals surface area contributed by atoms with Gasteiger partial charge in [0.15, 0.2) is 21.5 Å². The normalized spacial score (nSPS) is 11.8. The molecule has 3 aromatic rings. The fraction of sp³-hybridized carbons (Fsp3) is 0.719. The van der Waals surface area contributed by atoms with Gasteiger partial charge in [-0.15, -0.1) is 10.2 Å². The van der Waals surface area contributed by atoms with E-state index in [-0.39, 0.29) is 55.0 Å². The summed E-state index contributed by atoms with van der Waals surface area (Å²) in [5.41, 5.74) is 1.30. The molecule has 0 fully saturated rings. The van der Waals surface area contributed by atoms with Crippen molar-refractivity contribution in [2.24, 2.45) is 0 Å². The van der Waals surface area contributed by atoms with E-state index < -0.39 is 5.54 Å². The summed E-state index contributed by atoms with van der Waals surface area (Å²) in [7, 11) is 1.82. The summed E-state index contributed by atoms with van der Waals surface area (Å²) in [6.07, 6.45) is 5.48. The number of nitrogens with one attached hydrogen (secondary N) is 2. The second-order valence-electron chi connectivity index (χ2n) is 11.8. The smallest absolute Gasteiger partial charge is 0.243 e. The molecule has 0 spiro atoms. The molecule has 3 rings (SSSR count). The van der Waals surface area contributed by atoms with Crippen molar-refractivity contribution in [1.82, 2.24) is 45.6 Å². The van der Waals surface area contributed by atoms with Gasteiger partial charge in [0.25, 0.3) is 0 Å². The number of carbonyl (C=O) groups is 3. The molecule has 0 bridgehead atoms. The Hall–Kier alpha value is -2.80. The number of carbonyl (C=O) groups excluding carboxylic acids is 3. The van der Waals surface area contributed by atoms with Gasteiger partial charge in [0.05, 0.1) is 104 Å². The van der Waals surface area contributed by atoms with Crippen molar-refractivity contribution in [2.75, 3.05) is 83.8 Å². The zero-order valence-corrected chi connectivity index (χ0v) is 33.9. The summed E-state index contributed by atoms with van der Waals surface area (Å²) in [5, 5.41) is 27.6. The molecule has 0 radical (unpaired) electrons. The number of aromatic amines is 1. The van der Waals surface area contributed by atoms with E-state index in [1.54, 1.807) is 16.3 Å². The third-order valence-electron chi connectivity index (χ3n) is 7.22. The zero-order chi connectivity index (χ0) is 38.9. The average molecular weight is 818 g/mol. The lowest BCUT2D eigenvalue weighted by Crippen LogP contribution is -2.55. The van der Waals surface area contributed by atoms with Crippen molar-refractivity contribution in [3.8, 4) is 0 Å². The molecule has 0 saturated carbocycles. The first-order valence-electron chi connectivity index (χ1n) is 17.4. The molecule has 0 aliphatic heterocycles. The highest BCUT2D eigenvalue weighted by Crippen LogP contribution is 2.12. The summed E-state index contributed by atoms with van der Waals surface area (Å²) in [6.45, 7) is 10.5. The summed E-state index contributed by atoms with van der Waals surface area (Å²) < 4.78 is 40.3. The van der Waals surface area contributed by atoms with E-state index in [1.165, 1.54) is 49.1 Å². The van der Waals surface area contributed by atoms with Crippen LogP contribution >= 0.6 is 35.3 Å². The zero-order valence-electron chi connectivity index (χ0n) is 31.4. The number of ether oxygens (including phenoxy) is 6. The minimum absolute atomic E-state index is 0.0723. The van der Waals surface area contributed by atoms with E-state index >= 15 is 0 Å². The van der Waals surface area contributed by atoms with Crippen LogP contribution in [0.1, 0.15) is 37.9 Å². The number of likely N-dealkylation sites (N-methyl/N-ethyl adjacent to an activating group) is 1. The molecule has 0 amide bonds. The number of hydrogen-bond acceptors (Lipinski definition) is 18. The SMILES string of the molecule is CNC(COCc1cn(CCOCCSC(C)=O)nn1)(COCc1cn(CCOCCSC(C)=O)nn1)COCc1c[n+](CCOCCSC(C)=O)[nH]n1. The van der Waals surface area contributed by atoms with Gasteiger partial charge in [-0.1, -0.05) is 50.9 Å². The topological polar surface area (TPSA) is 213 Å². The predicted octanol–water partition coefficient (Wildman–Crippen LogP) is 0.678. The standard InChI is InChI=1S/C32H52N10O9S3/c1-26(43)52-14-11-46-8-5-40-17-29(34-37-40)20-49-23-32(33-4,24-50-21-30-18-41(38-35-30)6-9-47-12-15-53-27(2)44)25-51-22-31-19-42(39-36-31)7-10-48-13-16-54-28(3)45/h17-19,33H,5-16,20-25H2,1-4H3/p+1. The van der Waals surface area contributed by atoms with Gasteiger partial charge >= 0.3 is 0 Å². The second-order valence-corrected chi connectivity index (χ2v) is 15.7. The van der Waals surface area contributed by atoms with Gasteiger partial charge in [-0.05, 0) is 7.05 Å². The highest BCUT2D eigenvalue weighted by Gasteiger charge is 2.31. The first-order chi connectivity index (χ1) is 26.2. The minimum atomic E-state index is -0.735. The first kappa shape index (κ1) is 45.6. The number of nitrogens with zero attached hydrogens (tertiary/aromatic N) is 8. The van der Waals surface area contributed by atoms with Crippen LogP contribution in [0.15, 0.2) is 18.6 Å². The number of H-pyrrole nitrogens is 1. The van der Waals surface area contributed by atoms with Crippen LogP contribution in [0.4, 0.5) is 0 Å². The monoisotopic (exact) mass is 817 g/mol. The van der Waals surface area contributed by atoms with Crippen molar-refractivity contribution < 1.29 is 47.5 Å². The van der Waals surface area contributed by atoms with Crippen molar-refractivity contribution >= 4 is 50.6 Å². The maximum atomic E-state index is 11.0. The summed E-state index contributed by atoms with van der Waals surface area (Å²) in [4.78, 5) is 33.1. The molecule has 0 saturated heterocycles. The molecular formula is C32H53N10O9S3+. The summed E-state index contributed by atoms with van der Waals surface area (Å²) >= 11 is 3.72. The Morgan fingerprint density at radius 3 is 1.57 bits per heavy atom. The lowest BCUT2D eigenvalue weighted by Gasteiger charge is -2.32. The van der Waals surface area contributed by atoms with Gasteiger partial charge in [0, 0.05) is 43.1 Å². The minimum Gasteiger partial charge on any atom is -0.379 e. The van der Waals surface area contributed by atoms with Crippen LogP contribution < -0.4 is 10.00 Å². The van der Waals surface area contributed by atoms with Gasteiger partial charge in [0.2, 0.25) is 5.69 Å². The molecule has 2 N–H and O–H groups in total. The van der Waals surface area contributed by atoms with Crippen LogP contribution in [0.25, 0.3) is 0 Å². The van der Waals surface area contributed by atoms with Crippen molar-refractivity contribution in [3.05, 3.63) is 35.7 Å². The lowest BCUT2D eigenvalue weighted by atomic mass is 10.0. The Balaban J connectivity index is 1.48. The maximum Gasteiger partial charge on any atom is 0.243 e. The van der Waals surface area contributed by atoms with Crippen LogP contribution in [0, 0.1) is 0 Å². The van der Waals surface area contributed by atoms with E-state index in [4.69, 9.17) is 28.4 Å². The highest BCUT2D eigenvalue weighted by molar-refractivity contribution is 8.14. The Labute approximate surface area is 328 Å². The molecule has 3 heterocycles. The van der Waals surface area contributed by atoms with Crippen molar-refractivity contribution in [1.29, 1.82) is 0 Å². The van der Waals surface area contributed by atoms with Crippen LogP contribution in [0.3, 0.4) is 0 Å². The number of thioether (sulfide) groups is 3. The number of hydrogen-bond donors (Lipinski definition) is 2. The largest absolute Gasteiger partial charge is 0.379 e. The van der Waals surface area contributed by atoms with E-state index in [0.717, 1.165) is 0 Å². The molecule has 0 aromatic carbocycles. The molecule has 3 aromatic heterocycles. The maximum absolute atomic E-state index is 11.0. The molecule has 0 unspecified atom stereocenters. The van der Waals surface area contributed by atoms with E-state index in [1.807, 2.05) is 30.3 Å². The van der Waals surface area contributed by atoms with Gasteiger partial charge in [-0.2, -0.15) is 4.68 Å². The third kappa shape index (κ3) is 20.2. The molecule has 0 aliphatic rings. The van der Waals surface area contributed by atoms with Crippen molar-refractivity contribution in [2.45, 2.75) is 65.8 Å². The van der Waals surface area contributed by atoms with E-state index in [0.29, 0.717) is 93.6 Å². The average Bonchev–Trinajstić information content (AvgIpc) is 3.91. The molecule has 54 heavy (non-hydrogen) atoms. The Bertz CT molecular complexity index is 1340. The molecule has 22 heteroatoms. The third-order valence-corrected chi connectivity index (χ3v) is 9.55. The van der Waals surface area contributed by atoms with Crippen molar-refractivity contribution in [3.63, 3.8) is 0 Å². The van der Waals surface area contributed by atoms with Crippen LogP contribution in [0.5, 0.6) is 0 Å². The molecule has 302 valence electrons. The van der Waals surface area contributed by atoms with Gasteiger partial charge < -0.3 is 33.7 Å². The molecule has 19 nitrogen and oxygen atoms in total. The van der Waals surface area contributed by atoms with Crippen LogP contribution in [-0.4, -0.2) is 145 Å². The van der Waals surface area contributed by atoms with Gasteiger partial charge in [0.1, 0.15) is 24.5 Å². The fourth-order valence-corrected chi connectivity index (χ4v) is 5.96. The molecule has 0 atom stereocenters. The Morgan fingerprint density at radius 2 is 1.13 bits per heavy atom. The lowest BCUT2D eigenvalue weighted by molar-refractivity contribution is -0.754. The van der Waals surface area contributed by atoms with Crippen LogP contribution in [-0.2, 0) is 82.3 Å². The predicted molar refractivity (Wildman–Crippen MR) is 201 cm³/mol. The number of aromatic nitrogens is 9. The Kier molecular flexibility index (Phi) is 22.7.